The van der Waals surface area contributed by atoms with Crippen molar-refractivity contribution >= 4 is 16.9 Å². The van der Waals surface area contributed by atoms with Gasteiger partial charge < -0.3 is 4.90 Å². The maximum Gasteiger partial charge on any atom is 0.244 e. The van der Waals surface area contributed by atoms with Crippen LogP contribution in [0.15, 0.2) is 36.5 Å². The highest BCUT2D eigenvalue weighted by molar-refractivity contribution is 5.85. The van der Waals surface area contributed by atoms with Crippen LogP contribution in [0, 0.1) is 12.7 Å². The first-order valence-electron chi connectivity index (χ1n) is 10.7. The number of aryl methyl sites for hydroxylation is 1. The van der Waals surface area contributed by atoms with Gasteiger partial charge >= 0.3 is 0 Å². The number of fused-ring (bicyclic) bond motifs is 1. The van der Waals surface area contributed by atoms with Crippen LogP contribution in [0.2, 0.25) is 0 Å². The van der Waals surface area contributed by atoms with Crippen LogP contribution < -0.4 is 0 Å². The van der Waals surface area contributed by atoms with Gasteiger partial charge in [0, 0.05) is 49.9 Å². The van der Waals surface area contributed by atoms with Gasteiger partial charge in [-0.2, -0.15) is 5.10 Å². The van der Waals surface area contributed by atoms with E-state index >= 15 is 0 Å². The van der Waals surface area contributed by atoms with Crippen molar-refractivity contribution in [1.29, 1.82) is 0 Å². The lowest BCUT2D eigenvalue weighted by Crippen LogP contribution is -2.49. The SMILES string of the molecule is Cc1nn(CC(=O)N2CCN(Cc3ccccc3F)CC2)c2nccc(C3CC3)c12. The maximum absolute atomic E-state index is 13.9. The lowest BCUT2D eigenvalue weighted by Gasteiger charge is -2.34. The Hall–Kier alpha value is -2.80. The molecular weight excluding hydrogens is 381 g/mol. The van der Waals surface area contributed by atoms with E-state index in [2.05, 4.69) is 21.0 Å². The van der Waals surface area contributed by atoms with E-state index in [0.29, 0.717) is 31.1 Å². The Bertz CT molecular complexity index is 1080. The molecule has 0 radical (unpaired) electrons. The fourth-order valence-corrected chi connectivity index (χ4v) is 4.41. The Balaban J connectivity index is 1.24. The van der Waals surface area contributed by atoms with Gasteiger partial charge in [-0.15, -0.1) is 0 Å². The summed E-state index contributed by atoms with van der Waals surface area (Å²) >= 11 is 0. The largest absolute Gasteiger partial charge is 0.339 e. The number of carbonyl (C=O) groups is 1. The smallest absolute Gasteiger partial charge is 0.244 e. The number of benzene rings is 1. The lowest BCUT2D eigenvalue weighted by molar-refractivity contribution is -0.133. The van der Waals surface area contributed by atoms with E-state index in [1.807, 2.05) is 30.2 Å². The van der Waals surface area contributed by atoms with Gasteiger partial charge in [-0.3, -0.25) is 9.69 Å². The molecule has 7 heteroatoms. The summed E-state index contributed by atoms with van der Waals surface area (Å²) in [4.78, 5) is 21.5. The summed E-state index contributed by atoms with van der Waals surface area (Å²) in [7, 11) is 0. The Labute approximate surface area is 175 Å². The number of pyridine rings is 1. The zero-order valence-corrected chi connectivity index (χ0v) is 17.2. The highest BCUT2D eigenvalue weighted by Crippen LogP contribution is 2.43. The second-order valence-electron chi connectivity index (χ2n) is 8.36. The van der Waals surface area contributed by atoms with E-state index in [1.54, 1.807) is 10.7 Å². The van der Waals surface area contributed by atoms with Crippen molar-refractivity contribution in [3.63, 3.8) is 0 Å². The van der Waals surface area contributed by atoms with Gasteiger partial charge in [0.2, 0.25) is 5.91 Å². The molecule has 3 heterocycles. The standard InChI is InChI=1S/C23H26FN5O/c1-16-22-19(17-6-7-17)8-9-25-23(22)29(26-16)15-21(30)28-12-10-27(11-13-28)14-18-4-2-3-5-20(18)24/h2-5,8-9,17H,6-7,10-15H2,1H3. The molecule has 0 atom stereocenters. The predicted molar refractivity (Wildman–Crippen MR) is 112 cm³/mol. The second kappa shape index (κ2) is 7.80. The number of piperazine rings is 1. The quantitative estimate of drug-likeness (QED) is 0.652. The highest BCUT2D eigenvalue weighted by Gasteiger charge is 2.28. The van der Waals surface area contributed by atoms with E-state index in [4.69, 9.17) is 0 Å². The first kappa shape index (κ1) is 19.2. The van der Waals surface area contributed by atoms with Gasteiger partial charge in [0.05, 0.1) is 5.69 Å². The molecule has 1 saturated carbocycles. The molecule has 156 valence electrons. The molecule has 1 aliphatic carbocycles. The molecule has 2 aliphatic rings. The molecule has 0 N–H and O–H groups in total. The Morgan fingerprint density at radius 1 is 1.13 bits per heavy atom. The van der Waals surface area contributed by atoms with E-state index in [0.717, 1.165) is 29.8 Å². The first-order valence-corrected chi connectivity index (χ1v) is 10.7. The monoisotopic (exact) mass is 407 g/mol. The number of carbonyl (C=O) groups excluding carboxylic acids is 1. The van der Waals surface area contributed by atoms with Crippen LogP contribution in [0.4, 0.5) is 4.39 Å². The van der Waals surface area contributed by atoms with Gasteiger partial charge in [0.1, 0.15) is 12.4 Å². The molecule has 5 rings (SSSR count). The van der Waals surface area contributed by atoms with Crippen molar-refractivity contribution in [3.05, 3.63) is 59.2 Å². The van der Waals surface area contributed by atoms with E-state index in [9.17, 15) is 9.18 Å². The number of rotatable bonds is 5. The van der Waals surface area contributed by atoms with Gasteiger partial charge in [-0.1, -0.05) is 18.2 Å². The fraction of sp³-hybridized carbons (Fsp3) is 0.435. The lowest BCUT2D eigenvalue weighted by atomic mass is 10.1. The van der Waals surface area contributed by atoms with Gasteiger partial charge in [-0.25, -0.2) is 14.1 Å². The molecule has 1 amide bonds. The maximum atomic E-state index is 13.9. The number of amides is 1. The third-order valence-corrected chi connectivity index (χ3v) is 6.22. The summed E-state index contributed by atoms with van der Waals surface area (Å²) in [5.41, 5.74) is 3.78. The minimum atomic E-state index is -0.171. The molecule has 3 aromatic rings. The summed E-state index contributed by atoms with van der Waals surface area (Å²) in [5, 5.41) is 5.74. The van der Waals surface area contributed by atoms with Crippen LogP contribution >= 0.6 is 0 Å². The second-order valence-corrected chi connectivity index (χ2v) is 8.36. The topological polar surface area (TPSA) is 54.3 Å². The zero-order chi connectivity index (χ0) is 20.7. The van der Waals surface area contributed by atoms with Crippen LogP contribution in [-0.2, 0) is 17.9 Å². The third-order valence-electron chi connectivity index (χ3n) is 6.22. The molecule has 0 unspecified atom stereocenters. The number of aromatic nitrogens is 3. The van der Waals surface area contributed by atoms with Crippen LogP contribution in [0.3, 0.4) is 0 Å². The summed E-state index contributed by atoms with van der Waals surface area (Å²) in [5.74, 6) is 0.503. The average Bonchev–Trinajstić information content (AvgIpc) is 3.55. The van der Waals surface area contributed by atoms with E-state index in [1.165, 1.54) is 24.5 Å². The number of nitrogens with zero attached hydrogens (tertiary/aromatic N) is 5. The molecule has 2 fully saturated rings. The molecule has 2 aromatic heterocycles. The fourth-order valence-electron chi connectivity index (χ4n) is 4.41. The molecule has 1 aromatic carbocycles. The molecule has 6 nitrogen and oxygen atoms in total. The summed E-state index contributed by atoms with van der Waals surface area (Å²) < 4.78 is 15.7. The summed E-state index contributed by atoms with van der Waals surface area (Å²) in [6.45, 7) is 5.55. The third kappa shape index (κ3) is 3.69. The van der Waals surface area contributed by atoms with Crippen molar-refractivity contribution < 1.29 is 9.18 Å². The molecular formula is C23H26FN5O. The summed E-state index contributed by atoms with van der Waals surface area (Å²) in [6.07, 6.45) is 4.28. The normalized spacial score (nSPS) is 17.6. The van der Waals surface area contributed by atoms with Crippen molar-refractivity contribution in [2.75, 3.05) is 26.2 Å². The molecule has 1 aliphatic heterocycles. The Morgan fingerprint density at radius 2 is 1.90 bits per heavy atom. The van der Waals surface area contributed by atoms with Crippen LogP contribution in [0.5, 0.6) is 0 Å². The first-order chi connectivity index (χ1) is 14.6. The molecule has 1 saturated heterocycles. The summed E-state index contributed by atoms with van der Waals surface area (Å²) in [6, 6.07) is 8.97. The molecule has 0 spiro atoms. The van der Waals surface area contributed by atoms with Gasteiger partial charge in [0.15, 0.2) is 5.65 Å². The van der Waals surface area contributed by atoms with Gasteiger partial charge in [-0.05, 0) is 43.4 Å². The predicted octanol–water partition coefficient (Wildman–Crippen LogP) is 3.10. The minimum absolute atomic E-state index is 0.0589. The van der Waals surface area contributed by atoms with Crippen LogP contribution in [0.25, 0.3) is 11.0 Å². The highest BCUT2D eigenvalue weighted by atomic mass is 19.1. The van der Waals surface area contributed by atoms with Crippen molar-refractivity contribution in [2.45, 2.75) is 38.8 Å². The number of halogens is 1. The number of hydrogen-bond acceptors (Lipinski definition) is 4. The van der Waals surface area contributed by atoms with E-state index in [-0.39, 0.29) is 18.3 Å². The van der Waals surface area contributed by atoms with Crippen LogP contribution in [-0.4, -0.2) is 56.7 Å². The Kier molecular flexibility index (Phi) is 4.98. The van der Waals surface area contributed by atoms with Crippen molar-refractivity contribution in [3.8, 4) is 0 Å². The van der Waals surface area contributed by atoms with Gasteiger partial charge in [0.25, 0.3) is 0 Å². The average molecular weight is 407 g/mol. The van der Waals surface area contributed by atoms with Crippen LogP contribution in [0.1, 0.15) is 35.6 Å². The van der Waals surface area contributed by atoms with E-state index < -0.39 is 0 Å². The zero-order valence-electron chi connectivity index (χ0n) is 17.2. The van der Waals surface area contributed by atoms with Crippen molar-refractivity contribution in [2.24, 2.45) is 0 Å². The molecule has 30 heavy (non-hydrogen) atoms. The number of hydrogen-bond donors (Lipinski definition) is 0. The Morgan fingerprint density at radius 3 is 2.63 bits per heavy atom. The van der Waals surface area contributed by atoms with Crippen molar-refractivity contribution in [1.82, 2.24) is 24.6 Å². The molecule has 0 bridgehead atoms. The minimum Gasteiger partial charge on any atom is -0.339 e.